The van der Waals surface area contributed by atoms with E-state index in [0.717, 1.165) is 25.9 Å². The Balaban J connectivity index is 2.00. The van der Waals surface area contributed by atoms with Crippen LogP contribution in [0.25, 0.3) is 0 Å². The van der Waals surface area contributed by atoms with Gasteiger partial charge in [-0.1, -0.05) is 0 Å². The number of aromatic nitrogens is 2. The molecule has 0 aliphatic carbocycles. The summed E-state index contributed by atoms with van der Waals surface area (Å²) >= 11 is 0. The summed E-state index contributed by atoms with van der Waals surface area (Å²) in [5, 5.41) is 4.49. The Morgan fingerprint density at radius 1 is 1.53 bits per heavy atom. The van der Waals surface area contributed by atoms with Crippen LogP contribution in [0.1, 0.15) is 38.4 Å². The van der Waals surface area contributed by atoms with E-state index in [9.17, 15) is 0 Å². The van der Waals surface area contributed by atoms with Crippen molar-refractivity contribution in [3.05, 3.63) is 18.0 Å². The minimum atomic E-state index is 0.556. The zero-order valence-corrected chi connectivity index (χ0v) is 11.0. The molecule has 0 radical (unpaired) electrons. The lowest BCUT2D eigenvalue weighted by Crippen LogP contribution is -2.29. The van der Waals surface area contributed by atoms with Crippen molar-refractivity contribution in [2.45, 2.75) is 45.2 Å². The van der Waals surface area contributed by atoms with E-state index in [0.29, 0.717) is 12.1 Å². The van der Waals surface area contributed by atoms with Crippen molar-refractivity contribution < 1.29 is 0 Å². The summed E-state index contributed by atoms with van der Waals surface area (Å²) in [6, 6.07) is 3.33. The topological polar surface area (TPSA) is 47.1 Å². The van der Waals surface area contributed by atoms with Crippen LogP contribution in [0.15, 0.2) is 12.3 Å². The monoisotopic (exact) mass is 236 g/mol. The van der Waals surface area contributed by atoms with Gasteiger partial charge in [-0.25, -0.2) is 0 Å². The smallest absolute Gasteiger partial charge is 0.0661 e. The number of nitrogens with two attached hydrogens (primary N) is 1. The summed E-state index contributed by atoms with van der Waals surface area (Å²) in [6.45, 7) is 7.61. The Morgan fingerprint density at radius 3 is 3.00 bits per heavy atom. The fraction of sp³-hybridized carbons (Fsp3) is 0.769. The highest BCUT2D eigenvalue weighted by Gasteiger charge is 2.26. The van der Waals surface area contributed by atoms with Crippen molar-refractivity contribution in [2.75, 3.05) is 19.6 Å². The second kappa shape index (κ2) is 5.65. The van der Waals surface area contributed by atoms with Gasteiger partial charge < -0.3 is 5.73 Å². The van der Waals surface area contributed by atoms with Crippen molar-refractivity contribution in [1.82, 2.24) is 14.7 Å². The molecular formula is C13H24N4. The zero-order chi connectivity index (χ0) is 12.3. The number of likely N-dealkylation sites (tertiary alicyclic amines) is 1. The van der Waals surface area contributed by atoms with Gasteiger partial charge in [-0.05, 0) is 45.7 Å². The predicted molar refractivity (Wildman–Crippen MR) is 70.0 cm³/mol. The van der Waals surface area contributed by atoms with Crippen LogP contribution in [-0.4, -0.2) is 40.4 Å². The largest absolute Gasteiger partial charge is 0.330 e. The summed E-state index contributed by atoms with van der Waals surface area (Å²) in [4.78, 5) is 2.53. The van der Waals surface area contributed by atoms with Crippen LogP contribution in [0, 0.1) is 0 Å². The summed E-state index contributed by atoms with van der Waals surface area (Å²) < 4.78 is 2.22. The van der Waals surface area contributed by atoms with E-state index in [2.05, 4.69) is 34.6 Å². The molecule has 0 bridgehead atoms. The average Bonchev–Trinajstić information content (AvgIpc) is 2.94. The van der Waals surface area contributed by atoms with Gasteiger partial charge in [0.1, 0.15) is 0 Å². The minimum Gasteiger partial charge on any atom is -0.330 e. The van der Waals surface area contributed by atoms with Gasteiger partial charge in [-0.2, -0.15) is 5.10 Å². The van der Waals surface area contributed by atoms with Crippen LogP contribution < -0.4 is 5.73 Å². The standard InChI is InChI=1S/C13H24N4/c1-11(2)16-9-6-13(10-16)17-12(4-3-7-14)5-8-15-17/h5,8,11,13H,3-4,6-7,9-10,14H2,1-2H3. The van der Waals surface area contributed by atoms with E-state index in [1.807, 2.05) is 6.20 Å². The maximum Gasteiger partial charge on any atom is 0.0661 e. The first kappa shape index (κ1) is 12.6. The summed E-state index contributed by atoms with van der Waals surface area (Å²) in [7, 11) is 0. The molecule has 1 unspecified atom stereocenters. The van der Waals surface area contributed by atoms with Gasteiger partial charge in [0.2, 0.25) is 0 Å². The van der Waals surface area contributed by atoms with Crippen molar-refractivity contribution in [3.8, 4) is 0 Å². The Morgan fingerprint density at radius 2 is 2.35 bits per heavy atom. The third kappa shape index (κ3) is 2.87. The molecule has 17 heavy (non-hydrogen) atoms. The van der Waals surface area contributed by atoms with E-state index < -0.39 is 0 Å². The summed E-state index contributed by atoms with van der Waals surface area (Å²) in [5.74, 6) is 0. The first-order valence-electron chi connectivity index (χ1n) is 6.69. The van der Waals surface area contributed by atoms with Crippen LogP contribution >= 0.6 is 0 Å². The van der Waals surface area contributed by atoms with Crippen LogP contribution in [0.2, 0.25) is 0 Å². The third-order valence-corrected chi connectivity index (χ3v) is 3.66. The van der Waals surface area contributed by atoms with Gasteiger partial charge in [-0.15, -0.1) is 0 Å². The molecule has 1 saturated heterocycles. The molecule has 1 aliphatic heterocycles. The molecule has 0 amide bonds. The first-order valence-corrected chi connectivity index (χ1v) is 6.69. The number of hydrogen-bond acceptors (Lipinski definition) is 3. The molecule has 96 valence electrons. The molecule has 0 aromatic carbocycles. The Bertz CT molecular complexity index is 345. The Kier molecular flexibility index (Phi) is 4.18. The maximum atomic E-state index is 5.57. The summed E-state index contributed by atoms with van der Waals surface area (Å²) in [5.41, 5.74) is 6.91. The van der Waals surface area contributed by atoms with Crippen LogP contribution in [-0.2, 0) is 6.42 Å². The van der Waals surface area contributed by atoms with E-state index in [4.69, 9.17) is 5.73 Å². The predicted octanol–water partition coefficient (Wildman–Crippen LogP) is 1.43. The average molecular weight is 236 g/mol. The molecule has 1 atom stereocenters. The fourth-order valence-corrected chi connectivity index (χ4v) is 2.59. The van der Waals surface area contributed by atoms with E-state index >= 15 is 0 Å². The van der Waals surface area contributed by atoms with Crippen molar-refractivity contribution >= 4 is 0 Å². The molecule has 1 aliphatic rings. The van der Waals surface area contributed by atoms with Gasteiger partial charge in [0, 0.05) is 31.0 Å². The van der Waals surface area contributed by atoms with Gasteiger partial charge in [0.25, 0.3) is 0 Å². The minimum absolute atomic E-state index is 0.556. The van der Waals surface area contributed by atoms with Crippen LogP contribution in [0.5, 0.6) is 0 Å². The molecule has 2 N–H and O–H groups in total. The van der Waals surface area contributed by atoms with Crippen molar-refractivity contribution in [3.63, 3.8) is 0 Å². The lowest BCUT2D eigenvalue weighted by Gasteiger charge is -2.21. The van der Waals surface area contributed by atoms with E-state index in [1.165, 1.54) is 18.7 Å². The number of hydrogen-bond donors (Lipinski definition) is 1. The van der Waals surface area contributed by atoms with Gasteiger partial charge >= 0.3 is 0 Å². The van der Waals surface area contributed by atoms with Gasteiger partial charge in [0.15, 0.2) is 0 Å². The molecule has 2 heterocycles. The first-order chi connectivity index (χ1) is 8.22. The van der Waals surface area contributed by atoms with Gasteiger partial charge in [0.05, 0.1) is 6.04 Å². The molecule has 4 nitrogen and oxygen atoms in total. The third-order valence-electron chi connectivity index (χ3n) is 3.66. The molecule has 1 aromatic rings. The zero-order valence-electron chi connectivity index (χ0n) is 11.0. The molecule has 0 spiro atoms. The molecular weight excluding hydrogens is 212 g/mol. The summed E-state index contributed by atoms with van der Waals surface area (Å²) in [6.07, 6.45) is 5.24. The molecule has 2 rings (SSSR count). The Hall–Kier alpha value is -0.870. The lowest BCUT2D eigenvalue weighted by atomic mass is 10.2. The fourth-order valence-electron chi connectivity index (χ4n) is 2.59. The molecule has 1 fully saturated rings. The maximum absolute atomic E-state index is 5.57. The normalized spacial score (nSPS) is 21.5. The lowest BCUT2D eigenvalue weighted by molar-refractivity contribution is 0.261. The molecule has 1 aromatic heterocycles. The Labute approximate surface area is 104 Å². The van der Waals surface area contributed by atoms with Crippen LogP contribution in [0.3, 0.4) is 0 Å². The van der Waals surface area contributed by atoms with Gasteiger partial charge in [-0.3, -0.25) is 9.58 Å². The molecule has 0 saturated carbocycles. The highest BCUT2D eigenvalue weighted by atomic mass is 15.3. The number of rotatable bonds is 5. The highest BCUT2D eigenvalue weighted by molar-refractivity contribution is 5.03. The van der Waals surface area contributed by atoms with Crippen molar-refractivity contribution in [2.24, 2.45) is 5.73 Å². The SMILES string of the molecule is CC(C)N1CCC(n2nccc2CCCN)C1. The second-order valence-corrected chi connectivity index (χ2v) is 5.19. The van der Waals surface area contributed by atoms with E-state index in [1.54, 1.807) is 0 Å². The van der Waals surface area contributed by atoms with Crippen molar-refractivity contribution in [1.29, 1.82) is 0 Å². The second-order valence-electron chi connectivity index (χ2n) is 5.19. The quantitative estimate of drug-likeness (QED) is 0.841. The molecule has 4 heteroatoms. The van der Waals surface area contributed by atoms with E-state index in [-0.39, 0.29) is 0 Å². The number of aryl methyl sites for hydroxylation is 1. The highest BCUT2D eigenvalue weighted by Crippen LogP contribution is 2.24. The van der Waals surface area contributed by atoms with Crippen LogP contribution in [0.4, 0.5) is 0 Å². The number of nitrogens with zero attached hydrogens (tertiary/aromatic N) is 3.